The van der Waals surface area contributed by atoms with E-state index in [1.165, 1.54) is 6.33 Å². The highest BCUT2D eigenvalue weighted by molar-refractivity contribution is 5.67. The highest BCUT2D eigenvalue weighted by Gasteiger charge is 1.99. The molecule has 6 nitrogen and oxygen atoms in total. The van der Waals surface area contributed by atoms with Crippen molar-refractivity contribution in [3.8, 4) is 0 Å². The van der Waals surface area contributed by atoms with E-state index in [9.17, 15) is 4.79 Å². The lowest BCUT2D eigenvalue weighted by Crippen LogP contribution is -2.09. The van der Waals surface area contributed by atoms with Gasteiger partial charge in [0.05, 0.1) is 6.42 Å². The smallest absolute Gasteiger partial charge is 0.305 e. The Morgan fingerprint density at radius 2 is 1.94 bits per heavy atom. The minimum Gasteiger partial charge on any atom is -0.481 e. The van der Waals surface area contributed by atoms with E-state index in [1.807, 2.05) is 0 Å². The molecule has 0 saturated heterocycles. The van der Waals surface area contributed by atoms with Crippen LogP contribution < -0.4 is 10.6 Å². The summed E-state index contributed by atoms with van der Waals surface area (Å²) < 4.78 is 0. The Labute approximate surface area is 100 Å². The molecule has 6 heteroatoms. The second kappa shape index (κ2) is 7.43. The van der Waals surface area contributed by atoms with Crippen LogP contribution in [0.4, 0.5) is 11.6 Å². The topological polar surface area (TPSA) is 87.1 Å². The molecule has 0 radical (unpaired) electrons. The van der Waals surface area contributed by atoms with Gasteiger partial charge in [-0.15, -0.1) is 0 Å². The van der Waals surface area contributed by atoms with Gasteiger partial charge in [0.25, 0.3) is 0 Å². The number of nitrogens with zero attached hydrogens (tertiary/aromatic N) is 2. The summed E-state index contributed by atoms with van der Waals surface area (Å²) in [6.45, 7) is 3.36. The van der Waals surface area contributed by atoms with E-state index in [-0.39, 0.29) is 6.42 Å². The predicted molar refractivity (Wildman–Crippen MR) is 66.2 cm³/mol. The number of carbonyl (C=O) groups is 1. The van der Waals surface area contributed by atoms with Gasteiger partial charge in [0.15, 0.2) is 0 Å². The van der Waals surface area contributed by atoms with Crippen LogP contribution in [-0.2, 0) is 4.79 Å². The van der Waals surface area contributed by atoms with Crippen LogP contribution in [0.5, 0.6) is 0 Å². The number of rotatable bonds is 8. The Bertz CT molecular complexity index is 357. The van der Waals surface area contributed by atoms with E-state index < -0.39 is 5.97 Å². The van der Waals surface area contributed by atoms with Gasteiger partial charge in [-0.05, 0) is 6.42 Å². The molecule has 0 aliphatic heterocycles. The third-order valence-corrected chi connectivity index (χ3v) is 2.15. The maximum atomic E-state index is 10.3. The predicted octanol–water partition coefficient (Wildman–Crippen LogP) is 1.58. The van der Waals surface area contributed by atoms with Crippen molar-refractivity contribution in [1.82, 2.24) is 9.97 Å². The SMILES string of the molecule is CCCCNc1cc(NCCC(=O)O)ncn1. The first-order valence-corrected chi connectivity index (χ1v) is 5.74. The zero-order valence-corrected chi connectivity index (χ0v) is 9.94. The van der Waals surface area contributed by atoms with Gasteiger partial charge in [0.1, 0.15) is 18.0 Å². The molecule has 0 spiro atoms. The second-order valence-corrected chi connectivity index (χ2v) is 3.64. The van der Waals surface area contributed by atoms with E-state index in [4.69, 9.17) is 5.11 Å². The minimum atomic E-state index is -0.826. The molecule has 0 aliphatic carbocycles. The van der Waals surface area contributed by atoms with E-state index >= 15 is 0 Å². The number of hydrogen-bond acceptors (Lipinski definition) is 5. The van der Waals surface area contributed by atoms with Crippen LogP contribution >= 0.6 is 0 Å². The molecule has 0 atom stereocenters. The van der Waals surface area contributed by atoms with Gasteiger partial charge in [-0.3, -0.25) is 4.79 Å². The maximum Gasteiger partial charge on any atom is 0.305 e. The van der Waals surface area contributed by atoms with E-state index in [2.05, 4.69) is 27.5 Å². The van der Waals surface area contributed by atoms with Crippen molar-refractivity contribution in [1.29, 1.82) is 0 Å². The molecule has 0 amide bonds. The van der Waals surface area contributed by atoms with Crippen LogP contribution in [0.25, 0.3) is 0 Å². The highest BCUT2D eigenvalue weighted by Crippen LogP contribution is 2.08. The molecule has 94 valence electrons. The Morgan fingerprint density at radius 1 is 1.29 bits per heavy atom. The van der Waals surface area contributed by atoms with Gasteiger partial charge in [-0.25, -0.2) is 9.97 Å². The fourth-order valence-corrected chi connectivity index (χ4v) is 1.24. The van der Waals surface area contributed by atoms with Crippen molar-refractivity contribution >= 4 is 17.6 Å². The third-order valence-electron chi connectivity index (χ3n) is 2.15. The number of nitrogens with one attached hydrogen (secondary N) is 2. The van der Waals surface area contributed by atoms with Gasteiger partial charge < -0.3 is 15.7 Å². The fraction of sp³-hybridized carbons (Fsp3) is 0.545. The van der Waals surface area contributed by atoms with Gasteiger partial charge >= 0.3 is 5.97 Å². The molecule has 1 heterocycles. The summed E-state index contributed by atoms with van der Waals surface area (Å²) >= 11 is 0. The highest BCUT2D eigenvalue weighted by atomic mass is 16.4. The molecule has 1 aromatic rings. The van der Waals surface area contributed by atoms with Crippen molar-refractivity contribution in [3.63, 3.8) is 0 Å². The monoisotopic (exact) mass is 238 g/mol. The quantitative estimate of drug-likeness (QED) is 0.596. The molecule has 0 aliphatic rings. The lowest BCUT2D eigenvalue weighted by Gasteiger charge is -2.07. The number of hydrogen-bond donors (Lipinski definition) is 3. The average molecular weight is 238 g/mol. The Morgan fingerprint density at radius 3 is 2.53 bits per heavy atom. The molecule has 0 aromatic carbocycles. The lowest BCUT2D eigenvalue weighted by atomic mass is 10.3. The third kappa shape index (κ3) is 5.70. The van der Waals surface area contributed by atoms with E-state index in [0.29, 0.717) is 12.4 Å². The van der Waals surface area contributed by atoms with Crippen LogP contribution in [0.3, 0.4) is 0 Å². The van der Waals surface area contributed by atoms with Crippen LogP contribution in [0.15, 0.2) is 12.4 Å². The summed E-state index contributed by atoms with van der Waals surface area (Å²) in [5, 5.41) is 14.6. The molecule has 0 saturated carbocycles. The van der Waals surface area contributed by atoms with Gasteiger partial charge in [0, 0.05) is 19.2 Å². The molecule has 1 rings (SSSR count). The summed E-state index contributed by atoms with van der Waals surface area (Å²) in [4.78, 5) is 18.4. The molecule has 0 unspecified atom stereocenters. The molecule has 1 aromatic heterocycles. The molecular formula is C11H18N4O2. The first-order valence-electron chi connectivity index (χ1n) is 5.74. The van der Waals surface area contributed by atoms with Crippen molar-refractivity contribution in [2.45, 2.75) is 26.2 Å². The van der Waals surface area contributed by atoms with Gasteiger partial charge in [-0.1, -0.05) is 13.3 Å². The van der Waals surface area contributed by atoms with Crippen molar-refractivity contribution in [3.05, 3.63) is 12.4 Å². The molecule has 3 N–H and O–H groups in total. The summed E-state index contributed by atoms with van der Waals surface area (Å²) in [6.07, 6.45) is 3.74. The second-order valence-electron chi connectivity index (χ2n) is 3.64. The van der Waals surface area contributed by atoms with E-state index in [0.717, 1.165) is 25.2 Å². The maximum absolute atomic E-state index is 10.3. The van der Waals surface area contributed by atoms with Crippen molar-refractivity contribution in [2.24, 2.45) is 0 Å². The Hall–Kier alpha value is -1.85. The summed E-state index contributed by atoms with van der Waals surface area (Å²) in [6, 6.07) is 1.78. The molecule has 17 heavy (non-hydrogen) atoms. The first-order chi connectivity index (χ1) is 8.22. The Balaban J connectivity index is 2.39. The van der Waals surface area contributed by atoms with Crippen molar-refractivity contribution in [2.75, 3.05) is 23.7 Å². The average Bonchev–Trinajstić information content (AvgIpc) is 2.29. The fourth-order valence-electron chi connectivity index (χ4n) is 1.24. The van der Waals surface area contributed by atoms with Crippen LogP contribution in [-0.4, -0.2) is 34.1 Å². The number of carboxylic acids is 1. The van der Waals surface area contributed by atoms with Crippen LogP contribution in [0.1, 0.15) is 26.2 Å². The van der Waals surface area contributed by atoms with E-state index in [1.54, 1.807) is 6.07 Å². The lowest BCUT2D eigenvalue weighted by molar-refractivity contribution is -0.136. The van der Waals surface area contributed by atoms with Gasteiger partial charge in [-0.2, -0.15) is 0 Å². The largest absolute Gasteiger partial charge is 0.481 e. The van der Waals surface area contributed by atoms with Crippen LogP contribution in [0, 0.1) is 0 Å². The summed E-state index contributed by atoms with van der Waals surface area (Å²) in [7, 11) is 0. The van der Waals surface area contributed by atoms with Crippen LogP contribution in [0.2, 0.25) is 0 Å². The van der Waals surface area contributed by atoms with Crippen molar-refractivity contribution < 1.29 is 9.90 Å². The minimum absolute atomic E-state index is 0.0720. The number of anilines is 2. The van der Waals surface area contributed by atoms with Gasteiger partial charge in [0.2, 0.25) is 0 Å². The standard InChI is InChI=1S/C11H18N4O2/c1-2-3-5-12-9-7-10(15-8-14-9)13-6-4-11(16)17/h7-8H,2-6H2,1H3,(H,16,17)(H2,12,13,14,15). The first kappa shape index (κ1) is 13.2. The molecule has 0 bridgehead atoms. The number of carboxylic acid groups (broad SMARTS) is 1. The zero-order chi connectivity index (χ0) is 12.5. The summed E-state index contributed by atoms with van der Waals surface area (Å²) in [5.74, 6) is 0.569. The Kier molecular flexibility index (Phi) is 5.77. The zero-order valence-electron chi connectivity index (χ0n) is 9.94. The molecular weight excluding hydrogens is 220 g/mol. The number of unbranched alkanes of at least 4 members (excludes halogenated alkanes) is 1. The normalized spacial score (nSPS) is 9.94. The number of aliphatic carboxylic acids is 1. The summed E-state index contributed by atoms with van der Waals surface area (Å²) in [5.41, 5.74) is 0. The number of aromatic nitrogens is 2. The molecule has 0 fully saturated rings.